The molecule has 2 aromatic carbocycles. The van der Waals surface area contributed by atoms with Gasteiger partial charge in [-0.2, -0.15) is 0 Å². The van der Waals surface area contributed by atoms with Crippen molar-refractivity contribution in [2.75, 3.05) is 18.4 Å². The van der Waals surface area contributed by atoms with E-state index in [1.807, 2.05) is 12.1 Å². The van der Waals surface area contributed by atoms with Crippen LogP contribution in [-0.2, 0) is 13.0 Å². The predicted molar refractivity (Wildman–Crippen MR) is 91.2 cm³/mol. The number of aromatic hydroxyl groups is 1. The molecule has 0 aromatic heterocycles. The van der Waals surface area contributed by atoms with E-state index < -0.39 is 0 Å². The van der Waals surface area contributed by atoms with Gasteiger partial charge in [-0.25, -0.2) is 0 Å². The summed E-state index contributed by atoms with van der Waals surface area (Å²) in [6.45, 7) is 7.33. The maximum atomic E-state index is 9.70. The quantitative estimate of drug-likeness (QED) is 0.877. The number of nitrogens with one attached hydrogen (secondary N) is 1. The topological polar surface area (TPSA) is 35.5 Å². The molecule has 0 aliphatic carbocycles. The molecular weight excluding hydrogens is 272 g/mol. The number of nitrogens with zero attached hydrogens (tertiary/aromatic N) is 1. The Kier molecular flexibility index (Phi) is 4.34. The smallest absolute Gasteiger partial charge is 0.115 e. The molecule has 1 heterocycles. The van der Waals surface area contributed by atoms with Crippen molar-refractivity contribution >= 4 is 5.69 Å². The Morgan fingerprint density at radius 3 is 2.82 bits per heavy atom. The Morgan fingerprint density at radius 1 is 1.23 bits per heavy atom. The van der Waals surface area contributed by atoms with Crippen molar-refractivity contribution < 1.29 is 5.11 Å². The van der Waals surface area contributed by atoms with Gasteiger partial charge in [0.05, 0.1) is 0 Å². The third-order valence-electron chi connectivity index (χ3n) is 4.61. The number of fused-ring (bicyclic) bond motifs is 1. The van der Waals surface area contributed by atoms with Crippen LogP contribution in [0.4, 0.5) is 5.69 Å². The van der Waals surface area contributed by atoms with Gasteiger partial charge >= 0.3 is 0 Å². The van der Waals surface area contributed by atoms with Crippen LogP contribution >= 0.6 is 0 Å². The molecule has 1 aliphatic heterocycles. The average molecular weight is 296 g/mol. The first-order chi connectivity index (χ1) is 10.7. The monoisotopic (exact) mass is 296 g/mol. The molecule has 22 heavy (non-hydrogen) atoms. The summed E-state index contributed by atoms with van der Waals surface area (Å²) in [6.07, 6.45) is 1.12. The fraction of sp³-hybridized carbons (Fsp3) is 0.368. The summed E-state index contributed by atoms with van der Waals surface area (Å²) >= 11 is 0. The van der Waals surface area contributed by atoms with Gasteiger partial charge in [-0.05, 0) is 48.7 Å². The van der Waals surface area contributed by atoms with Gasteiger partial charge in [0.15, 0.2) is 0 Å². The third-order valence-corrected chi connectivity index (χ3v) is 4.61. The second-order valence-electron chi connectivity index (χ2n) is 5.96. The first-order valence-electron chi connectivity index (χ1n) is 8.06. The molecule has 0 amide bonds. The van der Waals surface area contributed by atoms with Crippen LogP contribution in [-0.4, -0.2) is 23.1 Å². The van der Waals surface area contributed by atoms with E-state index in [0.717, 1.165) is 31.6 Å². The number of phenols is 1. The van der Waals surface area contributed by atoms with Gasteiger partial charge in [-0.3, -0.25) is 4.90 Å². The lowest BCUT2D eigenvalue weighted by Crippen LogP contribution is -2.26. The van der Waals surface area contributed by atoms with E-state index in [4.69, 9.17) is 0 Å². The van der Waals surface area contributed by atoms with Crippen molar-refractivity contribution in [3.63, 3.8) is 0 Å². The normalized spacial score (nSPS) is 14.7. The fourth-order valence-corrected chi connectivity index (χ4v) is 3.28. The second-order valence-corrected chi connectivity index (χ2v) is 5.96. The number of benzene rings is 2. The molecule has 116 valence electrons. The minimum Gasteiger partial charge on any atom is -0.508 e. The maximum Gasteiger partial charge on any atom is 0.115 e. The molecule has 3 heteroatoms. The number of hydrogen-bond acceptors (Lipinski definition) is 3. The molecule has 2 aromatic rings. The van der Waals surface area contributed by atoms with Gasteiger partial charge in [-0.15, -0.1) is 0 Å². The van der Waals surface area contributed by atoms with Gasteiger partial charge < -0.3 is 10.4 Å². The summed E-state index contributed by atoms with van der Waals surface area (Å²) in [6, 6.07) is 14.4. The Morgan fingerprint density at radius 2 is 2.05 bits per heavy atom. The van der Waals surface area contributed by atoms with Crippen molar-refractivity contribution in [1.29, 1.82) is 0 Å². The molecule has 3 rings (SSSR count). The highest BCUT2D eigenvalue weighted by molar-refractivity contribution is 5.61. The lowest BCUT2D eigenvalue weighted by atomic mass is 10.0. The summed E-state index contributed by atoms with van der Waals surface area (Å²) in [7, 11) is 0. The number of hydrogen-bond donors (Lipinski definition) is 2. The standard InChI is InChI=1S/C19H24N2O/c1-3-21(14(2)16-7-5-9-18(22)12-16)13-17-8-4-6-15-10-11-20-19(15)17/h4-9,12,14,20,22H,3,10-11,13H2,1-2H3. The number of phenolic OH excluding ortho intramolecular Hbond substituents is 1. The van der Waals surface area contributed by atoms with Crippen molar-refractivity contribution in [1.82, 2.24) is 4.90 Å². The molecule has 0 radical (unpaired) electrons. The molecule has 1 unspecified atom stereocenters. The van der Waals surface area contributed by atoms with Crippen molar-refractivity contribution in [2.45, 2.75) is 32.9 Å². The molecule has 1 aliphatic rings. The first-order valence-corrected chi connectivity index (χ1v) is 8.06. The zero-order valence-electron chi connectivity index (χ0n) is 13.3. The molecule has 2 N–H and O–H groups in total. The Hall–Kier alpha value is -2.00. The summed E-state index contributed by atoms with van der Waals surface area (Å²) in [5.41, 5.74) is 5.27. The van der Waals surface area contributed by atoms with Gasteiger partial charge in [0.1, 0.15) is 5.75 Å². The van der Waals surface area contributed by atoms with Crippen molar-refractivity contribution in [2.24, 2.45) is 0 Å². The summed E-state index contributed by atoms with van der Waals surface area (Å²) in [5.74, 6) is 0.336. The number of rotatable bonds is 5. The SMILES string of the molecule is CCN(Cc1cccc2c1NCC2)C(C)c1cccc(O)c1. The minimum absolute atomic E-state index is 0.273. The summed E-state index contributed by atoms with van der Waals surface area (Å²) < 4.78 is 0. The van der Waals surface area contributed by atoms with E-state index in [9.17, 15) is 5.11 Å². The van der Waals surface area contributed by atoms with E-state index >= 15 is 0 Å². The Labute approximate surface area is 132 Å². The molecular formula is C19H24N2O. The van der Waals surface area contributed by atoms with E-state index in [-0.39, 0.29) is 6.04 Å². The largest absolute Gasteiger partial charge is 0.508 e. The van der Waals surface area contributed by atoms with E-state index in [2.05, 4.69) is 48.3 Å². The highest BCUT2D eigenvalue weighted by Crippen LogP contribution is 2.30. The van der Waals surface area contributed by atoms with Gasteiger partial charge in [0.25, 0.3) is 0 Å². The van der Waals surface area contributed by atoms with Gasteiger partial charge in [-0.1, -0.05) is 37.3 Å². The first kappa shape index (κ1) is 14.9. The van der Waals surface area contributed by atoms with Gasteiger partial charge in [0.2, 0.25) is 0 Å². The second kappa shape index (κ2) is 6.41. The fourth-order valence-electron chi connectivity index (χ4n) is 3.28. The van der Waals surface area contributed by atoms with Crippen LogP contribution in [0.15, 0.2) is 42.5 Å². The highest BCUT2D eigenvalue weighted by Gasteiger charge is 2.19. The van der Waals surface area contributed by atoms with E-state index in [0.29, 0.717) is 5.75 Å². The van der Waals surface area contributed by atoms with Crippen LogP contribution in [0.2, 0.25) is 0 Å². The lowest BCUT2D eigenvalue weighted by molar-refractivity contribution is 0.213. The minimum atomic E-state index is 0.273. The molecule has 0 fully saturated rings. The highest BCUT2D eigenvalue weighted by atomic mass is 16.3. The van der Waals surface area contributed by atoms with Crippen LogP contribution in [0, 0.1) is 0 Å². The Bertz CT molecular complexity index is 654. The zero-order chi connectivity index (χ0) is 15.5. The molecule has 0 bridgehead atoms. The van der Waals surface area contributed by atoms with E-state index in [1.54, 1.807) is 6.07 Å². The van der Waals surface area contributed by atoms with Crippen LogP contribution in [0.5, 0.6) is 5.75 Å². The zero-order valence-corrected chi connectivity index (χ0v) is 13.3. The predicted octanol–water partition coefficient (Wildman–Crippen LogP) is 3.94. The molecule has 0 saturated heterocycles. The molecule has 0 spiro atoms. The summed E-state index contributed by atoms with van der Waals surface area (Å²) in [5, 5.41) is 13.2. The average Bonchev–Trinajstić information content (AvgIpc) is 3.01. The third kappa shape index (κ3) is 2.95. The number of anilines is 1. The van der Waals surface area contributed by atoms with Crippen LogP contribution in [0.25, 0.3) is 0 Å². The van der Waals surface area contributed by atoms with E-state index in [1.165, 1.54) is 16.8 Å². The van der Waals surface area contributed by atoms with Gasteiger partial charge in [0, 0.05) is 24.8 Å². The van der Waals surface area contributed by atoms with Crippen LogP contribution in [0.1, 0.15) is 36.6 Å². The van der Waals surface area contributed by atoms with Crippen molar-refractivity contribution in [3.05, 3.63) is 59.2 Å². The molecule has 3 nitrogen and oxygen atoms in total. The van der Waals surface area contributed by atoms with Crippen LogP contribution in [0.3, 0.4) is 0 Å². The molecule has 1 atom stereocenters. The summed E-state index contributed by atoms with van der Waals surface area (Å²) in [4.78, 5) is 2.43. The number of para-hydroxylation sites is 1. The Balaban J connectivity index is 1.82. The molecule has 0 saturated carbocycles. The maximum absolute atomic E-state index is 9.70. The lowest BCUT2D eigenvalue weighted by Gasteiger charge is -2.29. The van der Waals surface area contributed by atoms with Crippen LogP contribution < -0.4 is 5.32 Å². The van der Waals surface area contributed by atoms with Crippen molar-refractivity contribution in [3.8, 4) is 5.75 Å².